The van der Waals surface area contributed by atoms with E-state index in [-0.39, 0.29) is 11.8 Å². The Morgan fingerprint density at radius 2 is 2.31 bits per heavy atom. The summed E-state index contributed by atoms with van der Waals surface area (Å²) >= 11 is 4.17. The first-order chi connectivity index (χ1) is 7.69. The van der Waals surface area contributed by atoms with Crippen molar-refractivity contribution in [3.05, 3.63) is 17.7 Å². The molecule has 0 saturated heterocycles. The third kappa shape index (κ3) is 1.24. The standard InChI is InChI=1S/C11H11N3OS/c1-2-5-6-3-8-9(14-11(16)13-8)4-7(6)12-10(5)15/h3-5H,2H2,1H3,(H,12,15)(H2,13,14,16). The quantitative estimate of drug-likeness (QED) is 0.662. The van der Waals surface area contributed by atoms with Crippen molar-refractivity contribution in [3.63, 3.8) is 0 Å². The van der Waals surface area contributed by atoms with Crippen LogP contribution in [0.15, 0.2) is 17.3 Å². The molecule has 1 aliphatic heterocycles. The number of aromatic nitrogens is 2. The molecule has 3 rings (SSSR count). The van der Waals surface area contributed by atoms with Crippen LogP contribution in [0.4, 0.5) is 5.69 Å². The van der Waals surface area contributed by atoms with E-state index in [4.69, 9.17) is 0 Å². The highest BCUT2D eigenvalue weighted by Crippen LogP contribution is 2.36. The number of nitrogens with one attached hydrogen (secondary N) is 2. The van der Waals surface area contributed by atoms with Gasteiger partial charge >= 0.3 is 0 Å². The third-order valence-electron chi connectivity index (χ3n) is 3.00. The number of nitrogens with zero attached hydrogens (tertiary/aromatic N) is 1. The molecule has 82 valence electrons. The molecule has 4 nitrogen and oxygen atoms in total. The van der Waals surface area contributed by atoms with Crippen molar-refractivity contribution in [1.82, 2.24) is 9.97 Å². The first kappa shape index (κ1) is 9.72. The van der Waals surface area contributed by atoms with Crippen molar-refractivity contribution in [2.24, 2.45) is 0 Å². The smallest absolute Gasteiger partial charge is 0.231 e. The zero-order chi connectivity index (χ0) is 11.3. The molecule has 1 aromatic heterocycles. The first-order valence-electron chi connectivity index (χ1n) is 5.22. The van der Waals surface area contributed by atoms with Crippen LogP contribution in [0, 0.1) is 0 Å². The number of carbonyl (C=O) groups excluding carboxylic acids is 1. The second kappa shape index (κ2) is 3.25. The van der Waals surface area contributed by atoms with Crippen molar-refractivity contribution in [3.8, 4) is 0 Å². The average Bonchev–Trinajstić information content (AvgIpc) is 2.71. The van der Waals surface area contributed by atoms with Gasteiger partial charge in [-0.15, -0.1) is 12.6 Å². The Morgan fingerprint density at radius 1 is 1.50 bits per heavy atom. The summed E-state index contributed by atoms with van der Waals surface area (Å²) in [5, 5.41) is 3.48. The van der Waals surface area contributed by atoms with Crippen LogP contribution in [0.3, 0.4) is 0 Å². The Hall–Kier alpha value is -1.49. The van der Waals surface area contributed by atoms with E-state index in [1.54, 1.807) is 0 Å². The highest BCUT2D eigenvalue weighted by atomic mass is 32.1. The van der Waals surface area contributed by atoms with Gasteiger partial charge in [0.25, 0.3) is 0 Å². The largest absolute Gasteiger partial charge is 0.333 e. The van der Waals surface area contributed by atoms with E-state index < -0.39 is 0 Å². The Bertz CT molecular complexity index is 590. The lowest BCUT2D eigenvalue weighted by molar-refractivity contribution is -0.117. The number of imidazole rings is 1. The number of H-pyrrole nitrogens is 1. The second-order valence-corrected chi connectivity index (χ2v) is 4.39. The SMILES string of the molecule is CCC1C(=O)Nc2cc3[nH]c(S)nc3cc21. The third-order valence-corrected chi connectivity index (χ3v) is 3.21. The molecule has 1 atom stereocenters. The van der Waals surface area contributed by atoms with Gasteiger partial charge in [0.15, 0.2) is 5.16 Å². The number of rotatable bonds is 1. The summed E-state index contributed by atoms with van der Waals surface area (Å²) in [6.45, 7) is 2.01. The minimum atomic E-state index is -0.0422. The first-order valence-corrected chi connectivity index (χ1v) is 5.67. The summed E-state index contributed by atoms with van der Waals surface area (Å²) in [4.78, 5) is 19.0. The second-order valence-electron chi connectivity index (χ2n) is 3.97. The molecule has 2 N–H and O–H groups in total. The van der Waals surface area contributed by atoms with Gasteiger partial charge in [-0.05, 0) is 24.1 Å². The number of benzene rings is 1. The van der Waals surface area contributed by atoms with E-state index in [2.05, 4.69) is 27.9 Å². The highest BCUT2D eigenvalue weighted by molar-refractivity contribution is 7.80. The van der Waals surface area contributed by atoms with Gasteiger partial charge < -0.3 is 10.3 Å². The summed E-state index contributed by atoms with van der Waals surface area (Å²) in [6.07, 6.45) is 0.808. The van der Waals surface area contributed by atoms with E-state index in [1.165, 1.54) is 0 Å². The van der Waals surface area contributed by atoms with Crippen molar-refractivity contribution >= 4 is 35.3 Å². The van der Waals surface area contributed by atoms with Crippen molar-refractivity contribution in [2.45, 2.75) is 24.4 Å². The highest BCUT2D eigenvalue weighted by Gasteiger charge is 2.29. The molecule has 2 aromatic rings. The zero-order valence-electron chi connectivity index (χ0n) is 8.74. The number of aromatic amines is 1. The molecule has 0 radical (unpaired) electrons. The van der Waals surface area contributed by atoms with Crippen molar-refractivity contribution in [2.75, 3.05) is 5.32 Å². The van der Waals surface area contributed by atoms with Gasteiger partial charge in [0, 0.05) is 5.69 Å². The Balaban J connectivity index is 2.24. The van der Waals surface area contributed by atoms with Gasteiger partial charge in [-0.1, -0.05) is 6.92 Å². The van der Waals surface area contributed by atoms with E-state index >= 15 is 0 Å². The van der Waals surface area contributed by atoms with Crippen LogP contribution < -0.4 is 5.32 Å². The maximum Gasteiger partial charge on any atom is 0.231 e. The molecule has 1 aromatic carbocycles. The van der Waals surface area contributed by atoms with Gasteiger partial charge in [0.2, 0.25) is 5.91 Å². The van der Waals surface area contributed by atoms with Crippen LogP contribution in [-0.2, 0) is 4.79 Å². The van der Waals surface area contributed by atoms with Gasteiger partial charge in [-0.2, -0.15) is 0 Å². The summed E-state index contributed by atoms with van der Waals surface area (Å²) in [6, 6.07) is 3.89. The number of carbonyl (C=O) groups is 1. The molecule has 16 heavy (non-hydrogen) atoms. The van der Waals surface area contributed by atoms with Crippen LogP contribution >= 0.6 is 12.6 Å². The number of fused-ring (bicyclic) bond motifs is 2. The number of hydrogen-bond donors (Lipinski definition) is 3. The van der Waals surface area contributed by atoms with Crippen molar-refractivity contribution in [1.29, 1.82) is 0 Å². The fraction of sp³-hybridized carbons (Fsp3) is 0.273. The average molecular weight is 233 g/mol. The van der Waals surface area contributed by atoms with Gasteiger partial charge in [-0.3, -0.25) is 4.79 Å². The topological polar surface area (TPSA) is 57.8 Å². The monoisotopic (exact) mass is 233 g/mol. The fourth-order valence-corrected chi connectivity index (χ4v) is 2.45. The van der Waals surface area contributed by atoms with Crippen LogP contribution in [0.5, 0.6) is 0 Å². The lowest BCUT2D eigenvalue weighted by Crippen LogP contribution is -2.10. The number of anilines is 1. The molecule has 0 aliphatic carbocycles. The maximum atomic E-state index is 11.7. The molecule has 1 aliphatic rings. The van der Waals surface area contributed by atoms with Crippen LogP contribution in [0.1, 0.15) is 24.8 Å². The maximum absolute atomic E-state index is 11.7. The van der Waals surface area contributed by atoms with E-state index in [0.717, 1.165) is 28.7 Å². The molecule has 0 fully saturated rings. The molecule has 0 spiro atoms. The number of hydrogen-bond acceptors (Lipinski definition) is 3. The van der Waals surface area contributed by atoms with Crippen molar-refractivity contribution < 1.29 is 4.79 Å². The zero-order valence-corrected chi connectivity index (χ0v) is 9.64. The van der Waals surface area contributed by atoms with Crippen LogP contribution in [-0.4, -0.2) is 15.9 Å². The normalized spacial score (nSPS) is 18.9. The minimum absolute atomic E-state index is 0.0422. The van der Waals surface area contributed by atoms with Crippen LogP contribution in [0.25, 0.3) is 11.0 Å². The predicted octanol–water partition coefficient (Wildman–Crippen LogP) is 2.30. The van der Waals surface area contributed by atoms with Gasteiger partial charge in [-0.25, -0.2) is 4.98 Å². The van der Waals surface area contributed by atoms with Gasteiger partial charge in [0.05, 0.1) is 17.0 Å². The summed E-state index contributed by atoms with van der Waals surface area (Å²) < 4.78 is 0. The molecule has 1 unspecified atom stereocenters. The summed E-state index contributed by atoms with van der Waals surface area (Å²) in [5.74, 6) is 0.0377. The number of amides is 1. The Morgan fingerprint density at radius 3 is 3.06 bits per heavy atom. The molecular formula is C11H11N3OS. The Kier molecular flexibility index (Phi) is 1.97. The molecule has 2 heterocycles. The minimum Gasteiger partial charge on any atom is -0.333 e. The molecule has 0 bridgehead atoms. The molecule has 5 heteroatoms. The van der Waals surface area contributed by atoms with E-state index in [0.29, 0.717) is 5.16 Å². The number of thiol groups is 1. The predicted molar refractivity (Wildman–Crippen MR) is 65.0 cm³/mol. The molecular weight excluding hydrogens is 222 g/mol. The van der Waals surface area contributed by atoms with E-state index in [9.17, 15) is 4.79 Å². The lowest BCUT2D eigenvalue weighted by atomic mass is 9.98. The summed E-state index contributed by atoms with van der Waals surface area (Å²) in [7, 11) is 0. The van der Waals surface area contributed by atoms with E-state index in [1.807, 2.05) is 19.1 Å². The molecule has 1 amide bonds. The van der Waals surface area contributed by atoms with Crippen LogP contribution in [0.2, 0.25) is 0 Å². The lowest BCUT2D eigenvalue weighted by Gasteiger charge is -2.03. The Labute approximate surface area is 97.9 Å². The summed E-state index contributed by atoms with van der Waals surface area (Å²) in [5.41, 5.74) is 3.70. The fourth-order valence-electron chi connectivity index (χ4n) is 2.22. The molecule has 0 saturated carbocycles. The van der Waals surface area contributed by atoms with Gasteiger partial charge in [0.1, 0.15) is 0 Å².